The summed E-state index contributed by atoms with van der Waals surface area (Å²) in [5.74, 6) is 2.26. The van der Waals surface area contributed by atoms with Gasteiger partial charge in [-0.25, -0.2) is 4.98 Å². The molecule has 1 aromatic carbocycles. The summed E-state index contributed by atoms with van der Waals surface area (Å²) >= 11 is 7.95. The molecule has 1 aliphatic rings. The molecule has 2 aromatic rings. The molecule has 0 atom stereocenters. The summed E-state index contributed by atoms with van der Waals surface area (Å²) < 4.78 is 10.9. The van der Waals surface area contributed by atoms with E-state index in [4.69, 9.17) is 21.1 Å². The molecule has 1 fully saturated rings. The summed E-state index contributed by atoms with van der Waals surface area (Å²) in [6, 6.07) is 3.74. The Kier molecular flexibility index (Phi) is 6.01. The third kappa shape index (κ3) is 3.86. The summed E-state index contributed by atoms with van der Waals surface area (Å²) in [5.41, 5.74) is 3.88. The Morgan fingerprint density at radius 1 is 1.12 bits per heavy atom. The van der Waals surface area contributed by atoms with E-state index < -0.39 is 0 Å². The number of nitrogens with zero attached hydrogens (tertiary/aromatic N) is 1. The maximum absolute atomic E-state index is 6.22. The fourth-order valence-electron chi connectivity index (χ4n) is 3.52. The van der Waals surface area contributed by atoms with Crippen LogP contribution in [0, 0.1) is 5.92 Å². The average molecular weight is 366 g/mol. The van der Waals surface area contributed by atoms with Gasteiger partial charge in [0.25, 0.3) is 0 Å². The standard InChI is InChI=1S/C19H24ClNO2S/c1-22-16-11-15(20)17(23-2)10-14(16)19-18(24-12-21-19)9-8-13-6-4-3-5-7-13/h10-13H,3-9H2,1-2H3. The van der Waals surface area contributed by atoms with Gasteiger partial charge in [-0.05, 0) is 24.8 Å². The van der Waals surface area contributed by atoms with E-state index in [0.717, 1.165) is 29.3 Å². The van der Waals surface area contributed by atoms with Crippen LogP contribution in [0.25, 0.3) is 11.3 Å². The van der Waals surface area contributed by atoms with Crippen LogP contribution in [0.1, 0.15) is 43.4 Å². The smallest absolute Gasteiger partial charge is 0.138 e. The highest BCUT2D eigenvalue weighted by Gasteiger charge is 2.19. The zero-order chi connectivity index (χ0) is 16.9. The van der Waals surface area contributed by atoms with Crippen LogP contribution >= 0.6 is 22.9 Å². The first-order valence-electron chi connectivity index (χ1n) is 8.57. The van der Waals surface area contributed by atoms with E-state index in [9.17, 15) is 0 Å². The molecule has 24 heavy (non-hydrogen) atoms. The molecule has 0 radical (unpaired) electrons. The molecule has 1 heterocycles. The number of hydrogen-bond donors (Lipinski definition) is 0. The minimum atomic E-state index is 0.553. The molecular formula is C19H24ClNO2S. The molecule has 3 rings (SSSR count). The van der Waals surface area contributed by atoms with Gasteiger partial charge < -0.3 is 9.47 Å². The fourth-order valence-corrected chi connectivity index (χ4v) is 4.55. The van der Waals surface area contributed by atoms with Crippen LogP contribution in [0.15, 0.2) is 17.6 Å². The van der Waals surface area contributed by atoms with Crippen LogP contribution in [0.5, 0.6) is 11.5 Å². The van der Waals surface area contributed by atoms with Crippen molar-refractivity contribution in [2.75, 3.05) is 14.2 Å². The normalized spacial score (nSPS) is 15.5. The van der Waals surface area contributed by atoms with Gasteiger partial charge in [0.15, 0.2) is 0 Å². The SMILES string of the molecule is COc1cc(-c2ncsc2CCC2CCCCC2)c(OC)cc1Cl. The van der Waals surface area contributed by atoms with Gasteiger partial charge in [-0.1, -0.05) is 43.7 Å². The molecule has 3 nitrogen and oxygen atoms in total. The molecule has 0 saturated heterocycles. The third-order valence-corrected chi connectivity index (χ3v) is 6.06. The van der Waals surface area contributed by atoms with E-state index >= 15 is 0 Å². The van der Waals surface area contributed by atoms with Gasteiger partial charge in [-0.3, -0.25) is 0 Å². The highest BCUT2D eigenvalue weighted by Crippen LogP contribution is 2.40. The molecule has 1 aliphatic carbocycles. The number of aromatic nitrogens is 1. The first-order valence-corrected chi connectivity index (χ1v) is 9.83. The van der Waals surface area contributed by atoms with Crippen molar-refractivity contribution in [2.24, 2.45) is 5.92 Å². The van der Waals surface area contributed by atoms with Crippen LogP contribution in [-0.4, -0.2) is 19.2 Å². The summed E-state index contributed by atoms with van der Waals surface area (Å²) in [6.45, 7) is 0. The van der Waals surface area contributed by atoms with Gasteiger partial charge >= 0.3 is 0 Å². The summed E-state index contributed by atoms with van der Waals surface area (Å²) in [4.78, 5) is 5.93. The third-order valence-electron chi connectivity index (χ3n) is 4.87. The van der Waals surface area contributed by atoms with Gasteiger partial charge in [-0.2, -0.15) is 0 Å². The molecule has 0 bridgehead atoms. The minimum absolute atomic E-state index is 0.553. The van der Waals surface area contributed by atoms with Crippen molar-refractivity contribution in [3.63, 3.8) is 0 Å². The van der Waals surface area contributed by atoms with Crippen molar-refractivity contribution in [1.82, 2.24) is 4.98 Å². The highest BCUT2D eigenvalue weighted by atomic mass is 35.5. The van der Waals surface area contributed by atoms with Gasteiger partial charge in [0.2, 0.25) is 0 Å². The van der Waals surface area contributed by atoms with Crippen LogP contribution in [0.4, 0.5) is 0 Å². The Morgan fingerprint density at radius 2 is 1.88 bits per heavy atom. The predicted molar refractivity (Wildman–Crippen MR) is 101 cm³/mol. The van der Waals surface area contributed by atoms with Crippen molar-refractivity contribution in [2.45, 2.75) is 44.9 Å². The summed E-state index contributed by atoms with van der Waals surface area (Å²) in [5, 5.41) is 0.553. The first-order chi connectivity index (χ1) is 11.7. The largest absolute Gasteiger partial charge is 0.496 e. The predicted octanol–water partition coefficient (Wildman–Crippen LogP) is 5.99. The highest BCUT2D eigenvalue weighted by molar-refractivity contribution is 7.10. The maximum Gasteiger partial charge on any atom is 0.138 e. The number of methoxy groups -OCH3 is 2. The maximum atomic E-state index is 6.22. The number of benzene rings is 1. The monoisotopic (exact) mass is 365 g/mol. The van der Waals surface area contributed by atoms with E-state index in [2.05, 4.69) is 4.98 Å². The van der Waals surface area contributed by atoms with Gasteiger partial charge in [-0.15, -0.1) is 11.3 Å². The van der Waals surface area contributed by atoms with Crippen LogP contribution < -0.4 is 9.47 Å². The summed E-state index contributed by atoms with van der Waals surface area (Å²) in [6.07, 6.45) is 9.29. The number of aryl methyl sites for hydroxylation is 1. The molecule has 1 aromatic heterocycles. The molecule has 1 saturated carbocycles. The van der Waals surface area contributed by atoms with Crippen molar-refractivity contribution < 1.29 is 9.47 Å². The first kappa shape index (κ1) is 17.6. The molecule has 0 spiro atoms. The second kappa shape index (κ2) is 8.21. The van der Waals surface area contributed by atoms with E-state index in [0.29, 0.717) is 10.8 Å². The average Bonchev–Trinajstić information content (AvgIpc) is 3.09. The lowest BCUT2D eigenvalue weighted by Gasteiger charge is -2.21. The Bertz CT molecular complexity index is 680. The Balaban J connectivity index is 1.83. The topological polar surface area (TPSA) is 31.4 Å². The number of ether oxygens (including phenoxy) is 2. The van der Waals surface area contributed by atoms with Crippen molar-refractivity contribution in [3.05, 3.63) is 27.5 Å². The quantitative estimate of drug-likeness (QED) is 0.629. The van der Waals surface area contributed by atoms with E-state index in [1.807, 2.05) is 11.6 Å². The molecule has 0 amide bonds. The number of halogens is 1. The molecule has 130 valence electrons. The Morgan fingerprint density at radius 3 is 2.58 bits per heavy atom. The lowest BCUT2D eigenvalue weighted by Crippen LogP contribution is -2.07. The Hall–Kier alpha value is -1.26. The number of hydrogen-bond acceptors (Lipinski definition) is 4. The van der Waals surface area contributed by atoms with E-state index in [1.165, 1.54) is 43.4 Å². The zero-order valence-electron chi connectivity index (χ0n) is 14.3. The second-order valence-corrected chi connectivity index (χ2v) is 7.70. The van der Waals surface area contributed by atoms with Gasteiger partial charge in [0.05, 0.1) is 30.4 Å². The zero-order valence-corrected chi connectivity index (χ0v) is 15.9. The fraction of sp³-hybridized carbons (Fsp3) is 0.526. The van der Waals surface area contributed by atoms with Crippen molar-refractivity contribution in [3.8, 4) is 22.8 Å². The van der Waals surface area contributed by atoms with E-state index in [1.54, 1.807) is 31.6 Å². The van der Waals surface area contributed by atoms with Gasteiger partial charge in [0.1, 0.15) is 11.5 Å². The molecule has 0 aliphatic heterocycles. The summed E-state index contributed by atoms with van der Waals surface area (Å²) in [7, 11) is 3.29. The molecular weight excluding hydrogens is 342 g/mol. The lowest BCUT2D eigenvalue weighted by molar-refractivity contribution is 0.340. The molecule has 5 heteroatoms. The van der Waals surface area contributed by atoms with Crippen molar-refractivity contribution >= 4 is 22.9 Å². The molecule has 0 N–H and O–H groups in total. The minimum Gasteiger partial charge on any atom is -0.496 e. The molecule has 0 unspecified atom stereocenters. The van der Waals surface area contributed by atoms with Crippen LogP contribution in [0.3, 0.4) is 0 Å². The van der Waals surface area contributed by atoms with Crippen LogP contribution in [-0.2, 0) is 6.42 Å². The second-order valence-electron chi connectivity index (χ2n) is 6.35. The Labute approximate surface area is 153 Å². The number of rotatable bonds is 6. The van der Waals surface area contributed by atoms with E-state index in [-0.39, 0.29) is 0 Å². The lowest BCUT2D eigenvalue weighted by atomic mass is 9.86. The van der Waals surface area contributed by atoms with Crippen LogP contribution in [0.2, 0.25) is 5.02 Å². The number of thiazole rings is 1. The van der Waals surface area contributed by atoms with Crippen molar-refractivity contribution in [1.29, 1.82) is 0 Å². The van der Waals surface area contributed by atoms with Gasteiger partial charge in [0, 0.05) is 16.5 Å².